The Kier molecular flexibility index (Phi) is 4.75. The number of sulfone groups is 1. The lowest BCUT2D eigenvalue weighted by molar-refractivity contribution is -0.138. The Labute approximate surface area is 124 Å². The van der Waals surface area contributed by atoms with Gasteiger partial charge in [-0.1, -0.05) is 13.3 Å². The lowest BCUT2D eigenvalue weighted by atomic mass is 10.1. The van der Waals surface area contributed by atoms with Crippen molar-refractivity contribution in [2.45, 2.75) is 44.7 Å². The summed E-state index contributed by atoms with van der Waals surface area (Å²) in [5, 5.41) is 11.8. The molecule has 21 heavy (non-hydrogen) atoms. The van der Waals surface area contributed by atoms with Crippen LogP contribution in [-0.4, -0.2) is 60.6 Å². The van der Waals surface area contributed by atoms with Crippen LogP contribution >= 0.6 is 0 Å². The zero-order valence-electron chi connectivity index (χ0n) is 12.1. The number of rotatable bonds is 3. The molecule has 1 saturated carbocycles. The van der Waals surface area contributed by atoms with E-state index in [4.69, 9.17) is 5.11 Å². The first-order chi connectivity index (χ1) is 9.78. The number of urea groups is 1. The van der Waals surface area contributed by atoms with Crippen LogP contribution in [0.1, 0.15) is 32.6 Å². The normalized spacial score (nSPS) is 31.9. The van der Waals surface area contributed by atoms with Gasteiger partial charge >= 0.3 is 12.0 Å². The number of amides is 2. The summed E-state index contributed by atoms with van der Waals surface area (Å²) in [6.07, 6.45) is 2.71. The van der Waals surface area contributed by atoms with E-state index in [0.29, 0.717) is 5.92 Å². The number of carboxylic acid groups (broad SMARTS) is 1. The fourth-order valence-corrected chi connectivity index (χ4v) is 4.65. The molecule has 0 aromatic rings. The van der Waals surface area contributed by atoms with Gasteiger partial charge in [-0.3, -0.25) is 4.79 Å². The van der Waals surface area contributed by atoms with Crippen LogP contribution in [0.25, 0.3) is 0 Å². The van der Waals surface area contributed by atoms with Gasteiger partial charge in [-0.05, 0) is 18.8 Å². The third-order valence-corrected chi connectivity index (χ3v) is 6.07. The maximum Gasteiger partial charge on any atom is 0.317 e. The van der Waals surface area contributed by atoms with Crippen LogP contribution in [-0.2, 0) is 14.6 Å². The fraction of sp³-hybridized carbons (Fsp3) is 0.846. The van der Waals surface area contributed by atoms with E-state index in [1.807, 2.05) is 0 Å². The quantitative estimate of drug-likeness (QED) is 0.786. The van der Waals surface area contributed by atoms with E-state index in [2.05, 4.69) is 12.2 Å². The van der Waals surface area contributed by atoms with Gasteiger partial charge in [0.25, 0.3) is 0 Å². The van der Waals surface area contributed by atoms with Crippen molar-refractivity contribution in [3.8, 4) is 0 Å². The van der Waals surface area contributed by atoms with Crippen LogP contribution in [0.5, 0.6) is 0 Å². The number of carbonyl (C=O) groups excluding carboxylic acids is 1. The highest BCUT2D eigenvalue weighted by atomic mass is 32.2. The number of carbonyl (C=O) groups is 2. The highest BCUT2D eigenvalue weighted by Crippen LogP contribution is 2.25. The first-order valence-electron chi connectivity index (χ1n) is 7.28. The minimum atomic E-state index is -3.27. The Morgan fingerprint density at radius 1 is 1.33 bits per heavy atom. The number of nitrogens with zero attached hydrogens (tertiary/aromatic N) is 1. The molecule has 1 saturated heterocycles. The van der Waals surface area contributed by atoms with Crippen LogP contribution < -0.4 is 5.32 Å². The molecule has 120 valence electrons. The molecule has 2 rings (SSSR count). The molecule has 2 N–H and O–H groups in total. The van der Waals surface area contributed by atoms with Gasteiger partial charge in [0.1, 0.15) is 0 Å². The highest BCUT2D eigenvalue weighted by Gasteiger charge is 2.36. The average Bonchev–Trinajstić information content (AvgIpc) is 2.73. The number of aliphatic carboxylic acids is 1. The van der Waals surface area contributed by atoms with Gasteiger partial charge in [-0.2, -0.15) is 0 Å². The molecular weight excluding hydrogens is 296 g/mol. The summed E-state index contributed by atoms with van der Waals surface area (Å²) in [5.74, 6) is -1.06. The van der Waals surface area contributed by atoms with Crippen molar-refractivity contribution in [1.82, 2.24) is 10.2 Å². The number of hydrogen-bond acceptors (Lipinski definition) is 4. The first kappa shape index (κ1) is 16.1. The van der Waals surface area contributed by atoms with Gasteiger partial charge in [-0.15, -0.1) is 0 Å². The van der Waals surface area contributed by atoms with Crippen molar-refractivity contribution in [2.24, 2.45) is 5.92 Å². The van der Waals surface area contributed by atoms with Crippen LogP contribution in [0.2, 0.25) is 0 Å². The van der Waals surface area contributed by atoms with Crippen molar-refractivity contribution in [1.29, 1.82) is 0 Å². The van der Waals surface area contributed by atoms with Gasteiger partial charge < -0.3 is 15.3 Å². The molecule has 2 amide bonds. The van der Waals surface area contributed by atoms with E-state index in [9.17, 15) is 18.0 Å². The molecular formula is C13H22N2O5S. The number of nitrogens with one attached hydrogen (secondary N) is 1. The molecule has 8 heteroatoms. The average molecular weight is 318 g/mol. The maximum atomic E-state index is 12.3. The molecule has 7 nitrogen and oxygen atoms in total. The smallest absolute Gasteiger partial charge is 0.317 e. The second-order valence-corrected chi connectivity index (χ2v) is 8.25. The predicted molar refractivity (Wildman–Crippen MR) is 76.7 cm³/mol. The van der Waals surface area contributed by atoms with Gasteiger partial charge in [0.2, 0.25) is 0 Å². The van der Waals surface area contributed by atoms with Gasteiger partial charge in [0.05, 0.1) is 24.0 Å². The third kappa shape index (κ3) is 4.09. The van der Waals surface area contributed by atoms with E-state index in [0.717, 1.165) is 19.3 Å². The molecule has 0 aromatic heterocycles. The molecule has 1 aliphatic heterocycles. The highest BCUT2D eigenvalue weighted by molar-refractivity contribution is 7.91. The van der Waals surface area contributed by atoms with Crippen molar-refractivity contribution < 1.29 is 23.1 Å². The van der Waals surface area contributed by atoms with Crippen LogP contribution in [0.15, 0.2) is 0 Å². The van der Waals surface area contributed by atoms with Crippen molar-refractivity contribution in [2.75, 3.05) is 18.1 Å². The molecule has 0 spiro atoms. The summed E-state index contributed by atoms with van der Waals surface area (Å²) in [6, 6.07) is -1.02. The van der Waals surface area contributed by atoms with Gasteiger partial charge in [-0.25, -0.2) is 13.2 Å². The van der Waals surface area contributed by atoms with E-state index in [1.54, 1.807) is 0 Å². The summed E-state index contributed by atoms with van der Waals surface area (Å²) in [5.41, 5.74) is 0. The van der Waals surface area contributed by atoms with Crippen LogP contribution in [0.4, 0.5) is 4.79 Å². The Hall–Kier alpha value is -1.31. The molecule has 0 bridgehead atoms. The number of hydrogen-bond donors (Lipinski definition) is 2. The van der Waals surface area contributed by atoms with Gasteiger partial charge in [0.15, 0.2) is 9.84 Å². The van der Waals surface area contributed by atoms with Crippen molar-refractivity contribution >= 4 is 21.8 Å². The standard InChI is InChI=1S/C13H22N2O5S/c1-9-3-2-4-11(9)14-13(18)15-5-6-21(19,20)8-10(15)7-12(16)17/h9-11H,2-8H2,1H3,(H,14,18)(H,16,17). The minimum absolute atomic E-state index is 0.0627. The molecule has 0 aromatic carbocycles. The molecule has 1 heterocycles. The van der Waals surface area contributed by atoms with Gasteiger partial charge in [0, 0.05) is 12.6 Å². The predicted octanol–water partition coefficient (Wildman–Crippen LogP) is 0.458. The lowest BCUT2D eigenvalue weighted by Gasteiger charge is -2.35. The minimum Gasteiger partial charge on any atom is -0.481 e. The third-order valence-electron chi connectivity index (χ3n) is 4.37. The van der Waals surface area contributed by atoms with Crippen molar-refractivity contribution in [3.05, 3.63) is 0 Å². The second kappa shape index (κ2) is 6.21. The van der Waals surface area contributed by atoms with E-state index < -0.39 is 21.8 Å². The zero-order chi connectivity index (χ0) is 15.6. The Bertz CT molecular complexity index is 519. The summed E-state index contributed by atoms with van der Waals surface area (Å²) in [7, 11) is -3.27. The summed E-state index contributed by atoms with van der Waals surface area (Å²) in [6.45, 7) is 2.14. The summed E-state index contributed by atoms with van der Waals surface area (Å²) < 4.78 is 23.3. The molecule has 2 aliphatic rings. The van der Waals surface area contributed by atoms with E-state index >= 15 is 0 Å². The van der Waals surface area contributed by atoms with Crippen LogP contribution in [0, 0.1) is 5.92 Å². The van der Waals surface area contributed by atoms with Crippen molar-refractivity contribution in [3.63, 3.8) is 0 Å². The Balaban J connectivity index is 2.04. The molecule has 2 fully saturated rings. The summed E-state index contributed by atoms with van der Waals surface area (Å²) >= 11 is 0. The molecule has 0 radical (unpaired) electrons. The number of carboxylic acids is 1. The van der Waals surface area contributed by atoms with E-state index in [-0.39, 0.29) is 36.5 Å². The topological polar surface area (TPSA) is 104 Å². The Morgan fingerprint density at radius 2 is 2.05 bits per heavy atom. The fourth-order valence-electron chi connectivity index (χ4n) is 3.13. The maximum absolute atomic E-state index is 12.3. The summed E-state index contributed by atoms with van der Waals surface area (Å²) in [4.78, 5) is 24.6. The largest absolute Gasteiger partial charge is 0.481 e. The lowest BCUT2D eigenvalue weighted by Crippen LogP contribution is -2.56. The molecule has 3 atom stereocenters. The van der Waals surface area contributed by atoms with Crippen LogP contribution in [0.3, 0.4) is 0 Å². The second-order valence-electron chi connectivity index (χ2n) is 6.02. The molecule has 1 aliphatic carbocycles. The molecule has 3 unspecified atom stereocenters. The SMILES string of the molecule is CC1CCCC1NC(=O)N1CCS(=O)(=O)CC1CC(=O)O. The van der Waals surface area contributed by atoms with E-state index in [1.165, 1.54) is 4.90 Å². The monoisotopic (exact) mass is 318 g/mol. The Morgan fingerprint density at radius 3 is 2.62 bits per heavy atom. The zero-order valence-corrected chi connectivity index (χ0v) is 12.9. The first-order valence-corrected chi connectivity index (χ1v) is 9.10.